The number of likely N-dealkylation sites (tertiary alicyclic amines) is 1. The Morgan fingerprint density at radius 2 is 1.90 bits per heavy atom. The Bertz CT molecular complexity index is 661. The van der Waals surface area contributed by atoms with Gasteiger partial charge in [0.15, 0.2) is 5.69 Å². The van der Waals surface area contributed by atoms with Gasteiger partial charge in [0.25, 0.3) is 5.91 Å². The number of para-hydroxylation sites is 1. The first-order chi connectivity index (χ1) is 10.2. The fraction of sp³-hybridized carbons (Fsp3) is 0.333. The van der Waals surface area contributed by atoms with E-state index in [1.807, 2.05) is 23.1 Å². The Balaban J connectivity index is 1.91. The lowest BCUT2D eigenvalue weighted by Crippen LogP contribution is -2.35. The highest BCUT2D eigenvalue weighted by Gasteiger charge is 2.22. The van der Waals surface area contributed by atoms with E-state index in [9.17, 15) is 4.79 Å². The lowest BCUT2D eigenvalue weighted by atomic mass is 10.1. The van der Waals surface area contributed by atoms with Crippen LogP contribution in [0.15, 0.2) is 30.3 Å². The van der Waals surface area contributed by atoms with E-state index in [1.165, 1.54) is 11.1 Å². The number of halogens is 1. The van der Waals surface area contributed by atoms with Gasteiger partial charge in [-0.15, -0.1) is 0 Å². The number of anilines is 1. The molecule has 3 rings (SSSR count). The molecule has 0 radical (unpaired) electrons. The van der Waals surface area contributed by atoms with Crippen LogP contribution in [0.1, 0.15) is 29.8 Å². The zero-order valence-electron chi connectivity index (χ0n) is 11.6. The molecule has 0 unspecified atom stereocenters. The molecule has 2 N–H and O–H groups in total. The number of benzene rings is 1. The predicted molar refractivity (Wildman–Crippen MR) is 82.7 cm³/mol. The number of rotatable bonds is 2. The van der Waals surface area contributed by atoms with Crippen LogP contribution in [0.25, 0.3) is 5.69 Å². The summed E-state index contributed by atoms with van der Waals surface area (Å²) >= 11 is 6.16. The molecule has 0 aliphatic carbocycles. The third kappa shape index (κ3) is 2.74. The number of nitrogen functional groups attached to an aromatic ring is 1. The first-order valence-corrected chi connectivity index (χ1v) is 7.44. The molecule has 0 spiro atoms. The van der Waals surface area contributed by atoms with Crippen molar-refractivity contribution in [3.8, 4) is 5.69 Å². The molecule has 1 aliphatic heterocycles. The summed E-state index contributed by atoms with van der Waals surface area (Å²) in [6, 6.07) is 8.89. The van der Waals surface area contributed by atoms with Crippen molar-refractivity contribution in [1.29, 1.82) is 0 Å². The van der Waals surface area contributed by atoms with Crippen molar-refractivity contribution in [2.24, 2.45) is 0 Å². The molecule has 1 aromatic carbocycles. The van der Waals surface area contributed by atoms with E-state index in [-0.39, 0.29) is 5.91 Å². The molecule has 2 heterocycles. The molecule has 1 amide bonds. The second-order valence-electron chi connectivity index (χ2n) is 5.17. The summed E-state index contributed by atoms with van der Waals surface area (Å²) in [5, 5.41) is 4.88. The van der Waals surface area contributed by atoms with Gasteiger partial charge in [-0.05, 0) is 31.4 Å². The van der Waals surface area contributed by atoms with Crippen molar-refractivity contribution in [3.05, 3.63) is 41.0 Å². The quantitative estimate of drug-likeness (QED) is 0.928. The number of aromatic nitrogens is 2. The number of nitrogens with two attached hydrogens (primary N) is 1. The van der Waals surface area contributed by atoms with Crippen LogP contribution < -0.4 is 5.73 Å². The van der Waals surface area contributed by atoms with Crippen molar-refractivity contribution in [2.45, 2.75) is 19.3 Å². The van der Waals surface area contributed by atoms with Crippen LogP contribution in [0.2, 0.25) is 5.02 Å². The molecular formula is C15H17ClN4O. The van der Waals surface area contributed by atoms with Crippen LogP contribution in [0.4, 0.5) is 5.82 Å². The van der Waals surface area contributed by atoms with Crippen LogP contribution >= 0.6 is 11.6 Å². The third-order valence-corrected chi connectivity index (χ3v) is 4.00. The van der Waals surface area contributed by atoms with E-state index in [2.05, 4.69) is 5.10 Å². The molecule has 1 fully saturated rings. The molecule has 21 heavy (non-hydrogen) atoms. The number of carbonyl (C=O) groups excluding carboxylic acids is 1. The fourth-order valence-corrected chi connectivity index (χ4v) is 2.79. The van der Waals surface area contributed by atoms with Crippen molar-refractivity contribution < 1.29 is 4.79 Å². The number of hydrogen-bond donors (Lipinski definition) is 1. The zero-order chi connectivity index (χ0) is 14.8. The van der Waals surface area contributed by atoms with Crippen LogP contribution in [-0.4, -0.2) is 33.7 Å². The standard InChI is InChI=1S/C15H17ClN4O/c16-11-6-2-3-7-13(11)20-14(17)10-12(18-20)15(21)19-8-4-1-5-9-19/h2-3,6-7,10H,1,4-5,8-9,17H2. The summed E-state index contributed by atoms with van der Waals surface area (Å²) in [7, 11) is 0. The molecule has 0 atom stereocenters. The van der Waals surface area contributed by atoms with Gasteiger partial charge < -0.3 is 10.6 Å². The summed E-state index contributed by atoms with van der Waals surface area (Å²) < 4.78 is 1.51. The smallest absolute Gasteiger partial charge is 0.274 e. The maximum atomic E-state index is 12.4. The van der Waals surface area contributed by atoms with E-state index in [4.69, 9.17) is 17.3 Å². The number of hydrogen-bond acceptors (Lipinski definition) is 3. The van der Waals surface area contributed by atoms with Gasteiger partial charge in [-0.2, -0.15) is 5.10 Å². The average molecular weight is 305 g/mol. The molecule has 110 valence electrons. The highest BCUT2D eigenvalue weighted by molar-refractivity contribution is 6.32. The lowest BCUT2D eigenvalue weighted by molar-refractivity contribution is 0.0718. The topological polar surface area (TPSA) is 64.2 Å². The first-order valence-electron chi connectivity index (χ1n) is 7.06. The Hall–Kier alpha value is -2.01. The Kier molecular flexibility index (Phi) is 3.84. The lowest BCUT2D eigenvalue weighted by Gasteiger charge is -2.25. The molecular weight excluding hydrogens is 288 g/mol. The third-order valence-electron chi connectivity index (χ3n) is 3.68. The fourth-order valence-electron chi connectivity index (χ4n) is 2.58. The second-order valence-corrected chi connectivity index (χ2v) is 5.58. The Labute approximate surface area is 128 Å². The van der Waals surface area contributed by atoms with Crippen LogP contribution in [0.3, 0.4) is 0 Å². The van der Waals surface area contributed by atoms with Gasteiger partial charge in [0.2, 0.25) is 0 Å². The van der Waals surface area contributed by atoms with Crippen molar-refractivity contribution >= 4 is 23.3 Å². The highest BCUT2D eigenvalue weighted by atomic mass is 35.5. The molecule has 1 saturated heterocycles. The number of nitrogens with zero attached hydrogens (tertiary/aromatic N) is 3. The predicted octanol–water partition coefficient (Wildman–Crippen LogP) is 2.73. The van der Waals surface area contributed by atoms with Crippen molar-refractivity contribution in [1.82, 2.24) is 14.7 Å². The minimum atomic E-state index is -0.0628. The highest BCUT2D eigenvalue weighted by Crippen LogP contribution is 2.23. The summed E-state index contributed by atoms with van der Waals surface area (Å²) in [4.78, 5) is 14.3. The van der Waals surface area contributed by atoms with E-state index in [0.29, 0.717) is 22.2 Å². The summed E-state index contributed by atoms with van der Waals surface area (Å²) in [5.41, 5.74) is 7.03. The van der Waals surface area contributed by atoms with E-state index in [1.54, 1.807) is 12.1 Å². The van der Waals surface area contributed by atoms with Gasteiger partial charge in [-0.25, -0.2) is 4.68 Å². The van der Waals surface area contributed by atoms with E-state index >= 15 is 0 Å². The summed E-state index contributed by atoms with van der Waals surface area (Å²) in [6.07, 6.45) is 3.28. The van der Waals surface area contributed by atoms with Crippen LogP contribution in [-0.2, 0) is 0 Å². The van der Waals surface area contributed by atoms with Gasteiger partial charge in [-0.1, -0.05) is 23.7 Å². The van der Waals surface area contributed by atoms with E-state index in [0.717, 1.165) is 25.9 Å². The van der Waals surface area contributed by atoms with Gasteiger partial charge in [0, 0.05) is 19.2 Å². The second kappa shape index (κ2) is 5.77. The molecule has 1 aliphatic rings. The van der Waals surface area contributed by atoms with Crippen LogP contribution in [0.5, 0.6) is 0 Å². The molecule has 5 nitrogen and oxygen atoms in total. The van der Waals surface area contributed by atoms with Gasteiger partial charge in [-0.3, -0.25) is 4.79 Å². The van der Waals surface area contributed by atoms with Gasteiger partial charge >= 0.3 is 0 Å². The molecule has 0 bridgehead atoms. The summed E-state index contributed by atoms with van der Waals surface area (Å²) in [5.74, 6) is 0.343. The van der Waals surface area contributed by atoms with E-state index < -0.39 is 0 Å². The number of carbonyl (C=O) groups is 1. The largest absolute Gasteiger partial charge is 0.384 e. The Morgan fingerprint density at radius 3 is 2.62 bits per heavy atom. The Morgan fingerprint density at radius 1 is 1.19 bits per heavy atom. The number of piperidine rings is 1. The molecule has 2 aromatic rings. The average Bonchev–Trinajstić information content (AvgIpc) is 2.90. The SMILES string of the molecule is Nc1cc(C(=O)N2CCCCC2)nn1-c1ccccc1Cl. The van der Waals surface area contributed by atoms with Gasteiger partial charge in [0.1, 0.15) is 5.82 Å². The summed E-state index contributed by atoms with van der Waals surface area (Å²) in [6.45, 7) is 1.58. The maximum Gasteiger partial charge on any atom is 0.274 e. The maximum absolute atomic E-state index is 12.4. The molecule has 6 heteroatoms. The monoisotopic (exact) mass is 304 g/mol. The zero-order valence-corrected chi connectivity index (χ0v) is 12.4. The van der Waals surface area contributed by atoms with Crippen LogP contribution in [0, 0.1) is 0 Å². The van der Waals surface area contributed by atoms with Crippen molar-refractivity contribution in [3.63, 3.8) is 0 Å². The number of amides is 1. The van der Waals surface area contributed by atoms with Gasteiger partial charge in [0.05, 0.1) is 10.7 Å². The normalized spacial score (nSPS) is 15.2. The minimum Gasteiger partial charge on any atom is -0.384 e. The minimum absolute atomic E-state index is 0.0628. The van der Waals surface area contributed by atoms with Crippen molar-refractivity contribution in [2.75, 3.05) is 18.8 Å². The molecule has 1 aromatic heterocycles. The molecule has 0 saturated carbocycles. The first kappa shape index (κ1) is 13.9.